The summed E-state index contributed by atoms with van der Waals surface area (Å²) in [6.07, 6.45) is 3.21. The van der Waals surface area contributed by atoms with Crippen molar-refractivity contribution < 1.29 is 0 Å². The molecule has 0 aliphatic carbocycles. The van der Waals surface area contributed by atoms with E-state index >= 15 is 0 Å². The molecule has 0 aliphatic heterocycles. The highest BCUT2D eigenvalue weighted by Gasteiger charge is 2.06. The molecule has 2 aromatic heterocycles. The van der Waals surface area contributed by atoms with Gasteiger partial charge < -0.3 is 15.2 Å². The lowest BCUT2D eigenvalue weighted by Gasteiger charge is -2.09. The Morgan fingerprint density at radius 3 is 2.87 bits per heavy atom. The smallest absolute Gasteiger partial charge is 0.165 e. The average Bonchev–Trinajstić information content (AvgIpc) is 2.59. The van der Waals surface area contributed by atoms with Crippen molar-refractivity contribution in [1.29, 1.82) is 0 Å². The number of hydrogen-bond acceptors (Lipinski definition) is 5. The number of anilines is 1. The molecule has 0 saturated heterocycles. The topological polar surface area (TPSA) is 72.9 Å². The molecule has 15 heavy (non-hydrogen) atoms. The molecular weight excluding hydrogens is 192 g/mol. The Kier molecular flexibility index (Phi) is 2.51. The molecule has 0 bridgehead atoms. The van der Waals surface area contributed by atoms with Crippen LogP contribution in [0.5, 0.6) is 0 Å². The second kappa shape index (κ2) is 3.82. The number of nitrogen functional groups attached to an aromatic ring is 1. The highest BCUT2D eigenvalue weighted by molar-refractivity contribution is 5.80. The Labute approximate surface area is 87.8 Å². The zero-order valence-corrected chi connectivity index (χ0v) is 8.88. The summed E-state index contributed by atoms with van der Waals surface area (Å²) >= 11 is 0. The van der Waals surface area contributed by atoms with E-state index in [1.54, 1.807) is 6.33 Å². The second-order valence-corrected chi connectivity index (χ2v) is 3.67. The van der Waals surface area contributed by atoms with Gasteiger partial charge in [-0.05, 0) is 14.1 Å². The maximum atomic E-state index is 5.69. The fourth-order valence-electron chi connectivity index (χ4n) is 1.37. The zero-order chi connectivity index (χ0) is 10.8. The summed E-state index contributed by atoms with van der Waals surface area (Å²) in [4.78, 5) is 14.4. The Bertz CT molecular complexity index is 461. The van der Waals surface area contributed by atoms with Crippen LogP contribution in [-0.2, 0) is 6.54 Å². The number of hydrogen-bond donors (Lipinski definition) is 1. The van der Waals surface area contributed by atoms with Crippen LogP contribution in [0, 0.1) is 0 Å². The first-order valence-corrected chi connectivity index (χ1v) is 4.74. The summed E-state index contributed by atoms with van der Waals surface area (Å²) in [6, 6.07) is 0. The number of fused-ring (bicyclic) bond motifs is 1. The number of nitrogens with two attached hydrogens (primary N) is 1. The molecule has 2 N–H and O–H groups in total. The summed E-state index contributed by atoms with van der Waals surface area (Å²) in [5, 5.41) is 0. The molecule has 0 atom stereocenters. The molecule has 6 nitrogen and oxygen atoms in total. The molecule has 0 aliphatic rings. The molecule has 2 heterocycles. The summed E-state index contributed by atoms with van der Waals surface area (Å²) < 4.78 is 1.98. The van der Waals surface area contributed by atoms with Crippen molar-refractivity contribution in [2.24, 2.45) is 0 Å². The Balaban J connectivity index is 2.33. The van der Waals surface area contributed by atoms with E-state index in [0.29, 0.717) is 11.3 Å². The van der Waals surface area contributed by atoms with Gasteiger partial charge in [-0.25, -0.2) is 15.0 Å². The third kappa shape index (κ3) is 1.89. The SMILES string of the molecule is CN(C)CCn1cnc2c(N)ncnc21. The monoisotopic (exact) mass is 206 g/mol. The van der Waals surface area contributed by atoms with Gasteiger partial charge >= 0.3 is 0 Å². The van der Waals surface area contributed by atoms with Crippen molar-refractivity contribution in [3.8, 4) is 0 Å². The number of aromatic nitrogens is 4. The fourth-order valence-corrected chi connectivity index (χ4v) is 1.37. The summed E-state index contributed by atoms with van der Waals surface area (Å²) in [5.74, 6) is 0.434. The van der Waals surface area contributed by atoms with Gasteiger partial charge in [-0.1, -0.05) is 0 Å². The van der Waals surface area contributed by atoms with Crippen LogP contribution in [-0.4, -0.2) is 45.1 Å². The van der Waals surface area contributed by atoms with Gasteiger partial charge in [-0.2, -0.15) is 0 Å². The van der Waals surface area contributed by atoms with E-state index in [1.807, 2.05) is 18.7 Å². The third-order valence-electron chi connectivity index (χ3n) is 2.22. The molecule has 0 radical (unpaired) electrons. The summed E-state index contributed by atoms with van der Waals surface area (Å²) in [6.45, 7) is 1.79. The lowest BCUT2D eigenvalue weighted by atomic mass is 10.5. The zero-order valence-electron chi connectivity index (χ0n) is 8.88. The van der Waals surface area contributed by atoms with Crippen molar-refractivity contribution in [2.75, 3.05) is 26.4 Å². The predicted octanol–water partition coefficient (Wildman–Crippen LogP) is -0.0299. The normalized spacial score (nSPS) is 11.4. The minimum absolute atomic E-state index is 0.434. The fraction of sp³-hybridized carbons (Fsp3) is 0.444. The van der Waals surface area contributed by atoms with E-state index in [9.17, 15) is 0 Å². The summed E-state index contributed by atoms with van der Waals surface area (Å²) in [5.41, 5.74) is 7.16. The molecular formula is C9H14N6. The minimum Gasteiger partial charge on any atom is -0.382 e. The van der Waals surface area contributed by atoms with Crippen LogP contribution in [0.3, 0.4) is 0 Å². The maximum absolute atomic E-state index is 5.69. The van der Waals surface area contributed by atoms with Crippen LogP contribution in [0.2, 0.25) is 0 Å². The van der Waals surface area contributed by atoms with E-state index in [0.717, 1.165) is 18.7 Å². The van der Waals surface area contributed by atoms with Crippen LogP contribution in [0.25, 0.3) is 11.2 Å². The van der Waals surface area contributed by atoms with Gasteiger partial charge in [0.2, 0.25) is 0 Å². The molecule has 0 unspecified atom stereocenters. The van der Waals surface area contributed by atoms with Crippen LogP contribution in [0.15, 0.2) is 12.7 Å². The van der Waals surface area contributed by atoms with E-state index in [-0.39, 0.29) is 0 Å². The summed E-state index contributed by atoms with van der Waals surface area (Å²) in [7, 11) is 4.06. The Morgan fingerprint density at radius 1 is 1.33 bits per heavy atom. The molecule has 0 spiro atoms. The van der Waals surface area contributed by atoms with Gasteiger partial charge in [-0.15, -0.1) is 0 Å². The van der Waals surface area contributed by atoms with Gasteiger partial charge in [0.1, 0.15) is 11.8 Å². The first-order chi connectivity index (χ1) is 7.18. The molecule has 2 aromatic rings. The van der Waals surface area contributed by atoms with Crippen LogP contribution in [0.1, 0.15) is 0 Å². The predicted molar refractivity (Wildman–Crippen MR) is 58.3 cm³/mol. The van der Waals surface area contributed by atoms with E-state index in [2.05, 4.69) is 19.9 Å². The van der Waals surface area contributed by atoms with Crippen molar-refractivity contribution in [2.45, 2.75) is 6.54 Å². The first kappa shape index (κ1) is 9.85. The number of rotatable bonds is 3. The molecule has 2 rings (SSSR count). The molecule has 80 valence electrons. The second-order valence-electron chi connectivity index (χ2n) is 3.67. The lowest BCUT2D eigenvalue weighted by Crippen LogP contribution is -2.18. The molecule has 0 aromatic carbocycles. The Hall–Kier alpha value is -1.69. The van der Waals surface area contributed by atoms with Crippen LogP contribution >= 0.6 is 0 Å². The van der Waals surface area contributed by atoms with Crippen molar-refractivity contribution in [3.63, 3.8) is 0 Å². The highest BCUT2D eigenvalue weighted by Crippen LogP contribution is 2.13. The highest BCUT2D eigenvalue weighted by atomic mass is 15.2. The lowest BCUT2D eigenvalue weighted by molar-refractivity contribution is 0.386. The van der Waals surface area contributed by atoms with Gasteiger partial charge in [0.15, 0.2) is 11.5 Å². The van der Waals surface area contributed by atoms with E-state index in [1.165, 1.54) is 6.33 Å². The largest absolute Gasteiger partial charge is 0.382 e. The van der Waals surface area contributed by atoms with E-state index in [4.69, 9.17) is 5.73 Å². The molecule has 0 fully saturated rings. The van der Waals surface area contributed by atoms with Gasteiger partial charge in [-0.3, -0.25) is 0 Å². The number of likely N-dealkylation sites (N-methyl/N-ethyl adjacent to an activating group) is 1. The third-order valence-corrected chi connectivity index (χ3v) is 2.22. The molecule has 6 heteroatoms. The van der Waals surface area contributed by atoms with Crippen molar-refractivity contribution in [3.05, 3.63) is 12.7 Å². The van der Waals surface area contributed by atoms with Crippen LogP contribution in [0.4, 0.5) is 5.82 Å². The first-order valence-electron chi connectivity index (χ1n) is 4.74. The number of imidazole rings is 1. The van der Waals surface area contributed by atoms with Gasteiger partial charge in [0, 0.05) is 13.1 Å². The van der Waals surface area contributed by atoms with Gasteiger partial charge in [0.25, 0.3) is 0 Å². The minimum atomic E-state index is 0.434. The standard InChI is InChI=1S/C9H14N6/c1-14(2)3-4-15-6-13-7-8(10)11-5-12-9(7)15/h5-6H,3-4H2,1-2H3,(H2,10,11,12). The number of nitrogens with zero attached hydrogens (tertiary/aromatic N) is 5. The van der Waals surface area contributed by atoms with Crippen molar-refractivity contribution in [1.82, 2.24) is 24.4 Å². The van der Waals surface area contributed by atoms with Crippen molar-refractivity contribution >= 4 is 17.0 Å². The molecule has 0 saturated carbocycles. The molecule has 0 amide bonds. The quantitative estimate of drug-likeness (QED) is 0.763. The Morgan fingerprint density at radius 2 is 2.13 bits per heavy atom. The van der Waals surface area contributed by atoms with Gasteiger partial charge in [0.05, 0.1) is 6.33 Å². The average molecular weight is 206 g/mol. The van der Waals surface area contributed by atoms with E-state index < -0.39 is 0 Å². The maximum Gasteiger partial charge on any atom is 0.165 e. The van der Waals surface area contributed by atoms with Crippen LogP contribution < -0.4 is 5.73 Å².